The van der Waals surface area contributed by atoms with Gasteiger partial charge in [-0.1, -0.05) is 34.1 Å². The van der Waals surface area contributed by atoms with E-state index in [0.717, 1.165) is 22.2 Å². The van der Waals surface area contributed by atoms with Gasteiger partial charge in [-0.3, -0.25) is 4.79 Å². The van der Waals surface area contributed by atoms with E-state index >= 15 is 0 Å². The number of aromatic nitrogens is 1. The van der Waals surface area contributed by atoms with E-state index in [1.807, 2.05) is 38.2 Å². The fraction of sp³-hybridized carbons (Fsp3) is 0.250. The summed E-state index contributed by atoms with van der Waals surface area (Å²) >= 11 is 3.22. The lowest BCUT2D eigenvalue weighted by atomic mass is 10.1. The van der Waals surface area contributed by atoms with Crippen LogP contribution in [0.25, 0.3) is 10.9 Å². The van der Waals surface area contributed by atoms with Crippen LogP contribution in [-0.2, 0) is 7.05 Å². The molecule has 0 bridgehead atoms. The second-order valence-electron chi connectivity index (χ2n) is 3.59. The van der Waals surface area contributed by atoms with Gasteiger partial charge in [0.05, 0.1) is 5.33 Å². The van der Waals surface area contributed by atoms with Crippen LogP contribution >= 0.6 is 15.9 Å². The molecule has 0 atom stereocenters. The minimum Gasteiger partial charge on any atom is -0.347 e. The van der Waals surface area contributed by atoms with Crippen molar-refractivity contribution in [3.63, 3.8) is 0 Å². The number of rotatable bonds is 2. The standard InChI is InChI=1S/C12H12BrNO/c1-8-12(11(15)7-13)9-5-3-4-6-10(9)14(8)2/h3-6H,7H2,1-2H3. The highest BCUT2D eigenvalue weighted by Crippen LogP contribution is 2.25. The van der Waals surface area contributed by atoms with Crippen LogP contribution in [0, 0.1) is 6.92 Å². The van der Waals surface area contributed by atoms with Crippen molar-refractivity contribution in [1.82, 2.24) is 4.57 Å². The third-order valence-electron chi connectivity index (χ3n) is 2.80. The Morgan fingerprint density at radius 2 is 2.07 bits per heavy atom. The molecule has 0 saturated carbocycles. The van der Waals surface area contributed by atoms with Crippen LogP contribution in [0.2, 0.25) is 0 Å². The largest absolute Gasteiger partial charge is 0.347 e. The quantitative estimate of drug-likeness (QED) is 0.604. The molecule has 0 aliphatic heterocycles. The van der Waals surface area contributed by atoms with E-state index in [9.17, 15) is 4.79 Å². The first-order valence-electron chi connectivity index (χ1n) is 4.80. The van der Waals surface area contributed by atoms with Crippen LogP contribution in [0.3, 0.4) is 0 Å². The Morgan fingerprint density at radius 3 is 2.73 bits per heavy atom. The van der Waals surface area contributed by atoms with Gasteiger partial charge in [-0.25, -0.2) is 0 Å². The molecule has 2 nitrogen and oxygen atoms in total. The van der Waals surface area contributed by atoms with Crippen LogP contribution in [0.1, 0.15) is 16.1 Å². The molecule has 1 heterocycles. The monoisotopic (exact) mass is 265 g/mol. The van der Waals surface area contributed by atoms with Gasteiger partial charge in [0.2, 0.25) is 0 Å². The number of Topliss-reactive ketones (excluding diaryl/α,β-unsaturated/α-hetero) is 1. The van der Waals surface area contributed by atoms with Gasteiger partial charge >= 0.3 is 0 Å². The fourth-order valence-corrected chi connectivity index (χ4v) is 2.22. The van der Waals surface area contributed by atoms with Crippen molar-refractivity contribution in [3.05, 3.63) is 35.5 Å². The summed E-state index contributed by atoms with van der Waals surface area (Å²) in [6.07, 6.45) is 0. The van der Waals surface area contributed by atoms with Gasteiger partial charge in [0.15, 0.2) is 5.78 Å². The number of aryl methyl sites for hydroxylation is 1. The van der Waals surface area contributed by atoms with E-state index in [-0.39, 0.29) is 5.78 Å². The van der Waals surface area contributed by atoms with Crippen molar-refractivity contribution in [2.45, 2.75) is 6.92 Å². The Hall–Kier alpha value is -1.09. The molecular weight excluding hydrogens is 254 g/mol. The number of para-hydroxylation sites is 1. The average molecular weight is 266 g/mol. The number of hydrogen-bond donors (Lipinski definition) is 0. The number of halogens is 1. The van der Waals surface area contributed by atoms with Gasteiger partial charge in [-0.15, -0.1) is 0 Å². The molecule has 2 rings (SSSR count). The van der Waals surface area contributed by atoms with Crippen molar-refractivity contribution < 1.29 is 4.79 Å². The Morgan fingerprint density at radius 1 is 1.40 bits per heavy atom. The highest BCUT2D eigenvalue weighted by Gasteiger charge is 2.16. The summed E-state index contributed by atoms with van der Waals surface area (Å²) in [6, 6.07) is 7.99. The van der Waals surface area contributed by atoms with E-state index in [0.29, 0.717) is 5.33 Å². The van der Waals surface area contributed by atoms with Crippen LogP contribution in [0.4, 0.5) is 0 Å². The van der Waals surface area contributed by atoms with Gasteiger partial charge in [0, 0.05) is 29.2 Å². The minimum absolute atomic E-state index is 0.143. The molecule has 0 unspecified atom stereocenters. The summed E-state index contributed by atoms with van der Waals surface area (Å²) < 4.78 is 2.06. The third kappa shape index (κ3) is 1.51. The Labute approximate surface area is 97.0 Å². The molecule has 3 heteroatoms. The number of ketones is 1. The van der Waals surface area contributed by atoms with Crippen molar-refractivity contribution in [2.24, 2.45) is 7.05 Å². The molecule has 1 aromatic heterocycles. The zero-order valence-corrected chi connectivity index (χ0v) is 10.3. The van der Waals surface area contributed by atoms with E-state index in [2.05, 4.69) is 20.5 Å². The second-order valence-corrected chi connectivity index (χ2v) is 4.15. The summed E-state index contributed by atoms with van der Waals surface area (Å²) in [4.78, 5) is 11.8. The first kappa shape index (κ1) is 10.4. The number of fused-ring (bicyclic) bond motifs is 1. The van der Waals surface area contributed by atoms with Gasteiger partial charge in [-0.2, -0.15) is 0 Å². The molecule has 0 radical (unpaired) electrons. The summed E-state index contributed by atoms with van der Waals surface area (Å²) in [5, 5.41) is 1.42. The van der Waals surface area contributed by atoms with Crippen LogP contribution in [-0.4, -0.2) is 15.7 Å². The summed E-state index contributed by atoms with van der Waals surface area (Å²) in [5.74, 6) is 0.143. The molecule has 0 aliphatic carbocycles. The predicted octanol–water partition coefficient (Wildman–Crippen LogP) is 3.06. The maximum absolute atomic E-state index is 11.8. The number of carbonyl (C=O) groups excluding carboxylic acids is 1. The van der Waals surface area contributed by atoms with E-state index in [1.54, 1.807) is 0 Å². The molecular formula is C12H12BrNO. The number of hydrogen-bond acceptors (Lipinski definition) is 1. The normalized spacial score (nSPS) is 10.9. The van der Waals surface area contributed by atoms with Gasteiger partial charge < -0.3 is 4.57 Å². The zero-order valence-electron chi connectivity index (χ0n) is 8.75. The van der Waals surface area contributed by atoms with Crippen LogP contribution in [0.5, 0.6) is 0 Å². The van der Waals surface area contributed by atoms with E-state index in [4.69, 9.17) is 0 Å². The predicted molar refractivity (Wildman–Crippen MR) is 65.8 cm³/mol. The topological polar surface area (TPSA) is 22.0 Å². The minimum atomic E-state index is 0.143. The molecule has 15 heavy (non-hydrogen) atoms. The summed E-state index contributed by atoms with van der Waals surface area (Å²) in [6.45, 7) is 1.98. The zero-order chi connectivity index (χ0) is 11.0. The van der Waals surface area contributed by atoms with E-state index < -0.39 is 0 Å². The molecule has 0 spiro atoms. The highest BCUT2D eigenvalue weighted by molar-refractivity contribution is 9.09. The van der Waals surface area contributed by atoms with Crippen molar-refractivity contribution in [3.8, 4) is 0 Å². The number of alkyl halides is 1. The Bertz CT molecular complexity index is 528. The van der Waals surface area contributed by atoms with Crippen LogP contribution < -0.4 is 0 Å². The maximum atomic E-state index is 11.8. The first-order valence-corrected chi connectivity index (χ1v) is 5.92. The number of nitrogens with zero attached hydrogens (tertiary/aromatic N) is 1. The first-order chi connectivity index (χ1) is 7.16. The van der Waals surface area contributed by atoms with Crippen molar-refractivity contribution in [1.29, 1.82) is 0 Å². The van der Waals surface area contributed by atoms with Crippen molar-refractivity contribution >= 4 is 32.6 Å². The van der Waals surface area contributed by atoms with Gasteiger partial charge in [0.1, 0.15) is 0 Å². The van der Waals surface area contributed by atoms with Crippen molar-refractivity contribution in [2.75, 3.05) is 5.33 Å². The average Bonchev–Trinajstić information content (AvgIpc) is 2.52. The molecule has 0 saturated heterocycles. The molecule has 2 aromatic rings. The van der Waals surface area contributed by atoms with Gasteiger partial charge in [0.25, 0.3) is 0 Å². The smallest absolute Gasteiger partial charge is 0.175 e. The fourth-order valence-electron chi connectivity index (χ4n) is 1.94. The lowest BCUT2D eigenvalue weighted by Gasteiger charge is -1.98. The maximum Gasteiger partial charge on any atom is 0.175 e. The van der Waals surface area contributed by atoms with Gasteiger partial charge in [-0.05, 0) is 13.0 Å². The van der Waals surface area contributed by atoms with Crippen LogP contribution in [0.15, 0.2) is 24.3 Å². The highest BCUT2D eigenvalue weighted by atomic mass is 79.9. The summed E-state index contributed by atoms with van der Waals surface area (Å²) in [7, 11) is 1.99. The molecule has 0 amide bonds. The molecule has 0 N–H and O–H groups in total. The Kier molecular flexibility index (Phi) is 2.65. The van der Waals surface area contributed by atoms with E-state index in [1.165, 1.54) is 0 Å². The SMILES string of the molecule is Cc1c(C(=O)CBr)c2ccccc2n1C. The molecule has 78 valence electrons. The molecule has 0 aliphatic rings. The molecule has 1 aromatic carbocycles. The Balaban J connectivity index is 2.83. The number of carbonyl (C=O) groups is 1. The third-order valence-corrected chi connectivity index (χ3v) is 3.31. The molecule has 0 fully saturated rings. The number of benzene rings is 1. The summed E-state index contributed by atoms with van der Waals surface area (Å²) in [5.41, 5.74) is 2.98. The lowest BCUT2D eigenvalue weighted by molar-refractivity contribution is 0.102. The second kappa shape index (κ2) is 3.81. The lowest BCUT2D eigenvalue weighted by Crippen LogP contribution is -2.02.